The minimum absolute atomic E-state index is 0.186. The molecule has 0 radical (unpaired) electrons. The van der Waals surface area contributed by atoms with E-state index in [1.807, 2.05) is 12.1 Å². The van der Waals surface area contributed by atoms with Crippen LogP contribution in [0, 0.1) is 17.7 Å². The van der Waals surface area contributed by atoms with Gasteiger partial charge in [-0.25, -0.2) is 9.18 Å². The van der Waals surface area contributed by atoms with Crippen LogP contribution in [0.4, 0.5) is 4.39 Å². The van der Waals surface area contributed by atoms with Gasteiger partial charge in [-0.3, -0.25) is 0 Å². The molecule has 0 spiro atoms. The lowest BCUT2D eigenvalue weighted by Gasteiger charge is -2.10. The normalized spacial score (nSPS) is 10.4. The second kappa shape index (κ2) is 12.6. The summed E-state index contributed by atoms with van der Waals surface area (Å²) >= 11 is 0. The lowest BCUT2D eigenvalue weighted by atomic mass is 10.0. The molecule has 0 atom stereocenters. The molecule has 0 aliphatic carbocycles. The molecular formula is C33H29FO4. The van der Waals surface area contributed by atoms with E-state index in [0.717, 1.165) is 17.4 Å². The molecule has 0 amide bonds. The van der Waals surface area contributed by atoms with Crippen molar-refractivity contribution in [1.29, 1.82) is 0 Å². The van der Waals surface area contributed by atoms with Gasteiger partial charge in [0.1, 0.15) is 0 Å². The molecule has 5 heteroatoms. The van der Waals surface area contributed by atoms with Gasteiger partial charge in [0, 0.05) is 11.1 Å². The number of carbonyl (C=O) groups is 1. The van der Waals surface area contributed by atoms with Crippen molar-refractivity contribution < 1.29 is 23.4 Å². The van der Waals surface area contributed by atoms with Crippen LogP contribution in [0.3, 0.4) is 0 Å². The van der Waals surface area contributed by atoms with Crippen LogP contribution in [-0.2, 0) is 6.42 Å². The highest BCUT2D eigenvalue weighted by Crippen LogP contribution is 2.29. The van der Waals surface area contributed by atoms with Gasteiger partial charge in [0.15, 0.2) is 23.1 Å². The summed E-state index contributed by atoms with van der Waals surface area (Å²) in [6.45, 7) is 5.71. The number of aryl methyl sites for hydroxylation is 1. The molecule has 0 bridgehead atoms. The number of halogens is 1. The molecule has 4 rings (SSSR count). The molecule has 192 valence electrons. The van der Waals surface area contributed by atoms with Gasteiger partial charge in [-0.1, -0.05) is 62.5 Å². The third kappa shape index (κ3) is 6.60. The fourth-order valence-electron chi connectivity index (χ4n) is 4.05. The van der Waals surface area contributed by atoms with E-state index < -0.39 is 11.8 Å². The number of fused-ring (bicyclic) bond motifs is 1. The van der Waals surface area contributed by atoms with E-state index in [0.29, 0.717) is 17.1 Å². The highest BCUT2D eigenvalue weighted by Gasteiger charge is 2.15. The van der Waals surface area contributed by atoms with Gasteiger partial charge in [-0.15, -0.1) is 0 Å². The molecule has 0 aliphatic rings. The number of benzene rings is 4. The topological polar surface area (TPSA) is 44.8 Å². The number of rotatable bonds is 9. The van der Waals surface area contributed by atoms with Gasteiger partial charge in [0.25, 0.3) is 0 Å². The first-order chi connectivity index (χ1) is 18.5. The Morgan fingerprint density at radius 3 is 2.32 bits per heavy atom. The summed E-state index contributed by atoms with van der Waals surface area (Å²) in [5.41, 5.74) is 2.84. The maximum atomic E-state index is 14.7. The van der Waals surface area contributed by atoms with Crippen LogP contribution in [0.1, 0.15) is 53.2 Å². The van der Waals surface area contributed by atoms with Crippen molar-refractivity contribution in [3.8, 4) is 29.1 Å². The molecule has 0 saturated heterocycles. The van der Waals surface area contributed by atoms with Crippen LogP contribution >= 0.6 is 0 Å². The van der Waals surface area contributed by atoms with Crippen molar-refractivity contribution in [3.05, 3.63) is 114 Å². The minimum Gasteiger partial charge on any atom is -0.493 e. The standard InChI is InChI=1S/C33H29FO4/c1-4-6-7-8-23-11-14-27-20-24(12-15-26(27)19-23)9-10-25-13-17-30(29(34)21-25)38-33(35)28-16-18-31(37-5-2)32(22-28)36-3/h5,11-22H,2,4,6-8H2,1,3H3. The van der Waals surface area contributed by atoms with E-state index in [2.05, 4.69) is 49.6 Å². The van der Waals surface area contributed by atoms with Gasteiger partial charge in [0.2, 0.25) is 0 Å². The molecule has 4 aromatic rings. The van der Waals surface area contributed by atoms with Gasteiger partial charge in [-0.2, -0.15) is 0 Å². The zero-order chi connectivity index (χ0) is 26.9. The predicted molar refractivity (Wildman–Crippen MR) is 148 cm³/mol. The van der Waals surface area contributed by atoms with Crippen LogP contribution in [0.25, 0.3) is 10.8 Å². The summed E-state index contributed by atoms with van der Waals surface area (Å²) < 4.78 is 30.4. The summed E-state index contributed by atoms with van der Waals surface area (Å²) in [5, 5.41) is 2.30. The first-order valence-electron chi connectivity index (χ1n) is 12.5. The first kappa shape index (κ1) is 26.5. The molecule has 38 heavy (non-hydrogen) atoms. The van der Waals surface area contributed by atoms with Crippen molar-refractivity contribution in [2.45, 2.75) is 32.6 Å². The summed E-state index contributed by atoms with van der Waals surface area (Å²) in [7, 11) is 1.45. The fourth-order valence-corrected chi connectivity index (χ4v) is 4.05. The lowest BCUT2D eigenvalue weighted by Crippen LogP contribution is -2.10. The Balaban J connectivity index is 1.45. The fraction of sp³-hybridized carbons (Fsp3) is 0.182. The van der Waals surface area contributed by atoms with E-state index >= 15 is 0 Å². The van der Waals surface area contributed by atoms with E-state index in [-0.39, 0.29) is 11.3 Å². The summed E-state index contributed by atoms with van der Waals surface area (Å²) in [4.78, 5) is 12.6. The SMILES string of the molecule is C=COc1ccc(C(=O)Oc2ccc(C#Cc3ccc4cc(CCCCC)ccc4c3)cc2F)cc1OC. The quantitative estimate of drug-likeness (QED) is 0.0759. The van der Waals surface area contributed by atoms with E-state index in [1.165, 1.54) is 67.8 Å². The Morgan fingerprint density at radius 1 is 0.868 bits per heavy atom. The largest absolute Gasteiger partial charge is 0.493 e. The van der Waals surface area contributed by atoms with Crippen LogP contribution in [0.2, 0.25) is 0 Å². The Morgan fingerprint density at radius 2 is 1.58 bits per heavy atom. The number of unbranched alkanes of at least 4 members (excludes halogenated alkanes) is 2. The average Bonchev–Trinajstić information content (AvgIpc) is 2.93. The van der Waals surface area contributed by atoms with Crippen molar-refractivity contribution in [2.24, 2.45) is 0 Å². The van der Waals surface area contributed by atoms with Crippen molar-refractivity contribution in [1.82, 2.24) is 0 Å². The first-order valence-corrected chi connectivity index (χ1v) is 12.5. The number of hydrogen-bond acceptors (Lipinski definition) is 4. The van der Waals surface area contributed by atoms with Crippen LogP contribution < -0.4 is 14.2 Å². The van der Waals surface area contributed by atoms with Gasteiger partial charge >= 0.3 is 5.97 Å². The number of methoxy groups -OCH3 is 1. The highest BCUT2D eigenvalue weighted by molar-refractivity contribution is 5.92. The second-order valence-corrected chi connectivity index (χ2v) is 8.79. The Hall–Kier alpha value is -4.56. The van der Waals surface area contributed by atoms with Gasteiger partial charge in [0.05, 0.1) is 18.9 Å². The number of hydrogen-bond donors (Lipinski definition) is 0. The summed E-state index contributed by atoms with van der Waals surface area (Å²) in [5.74, 6) is 5.21. The monoisotopic (exact) mass is 508 g/mol. The molecule has 0 saturated carbocycles. The Kier molecular flexibility index (Phi) is 8.79. The van der Waals surface area contributed by atoms with Crippen LogP contribution in [-0.4, -0.2) is 13.1 Å². The minimum atomic E-state index is -0.726. The molecule has 0 fully saturated rings. The van der Waals surface area contributed by atoms with E-state index in [4.69, 9.17) is 14.2 Å². The molecule has 0 heterocycles. The van der Waals surface area contributed by atoms with Crippen molar-refractivity contribution in [3.63, 3.8) is 0 Å². The zero-order valence-electron chi connectivity index (χ0n) is 21.6. The number of esters is 1. The van der Waals surface area contributed by atoms with Gasteiger partial charge < -0.3 is 14.2 Å². The summed E-state index contributed by atoms with van der Waals surface area (Å²) in [6.07, 6.45) is 6.00. The number of carbonyl (C=O) groups excluding carboxylic acids is 1. The Labute approximate surface area is 222 Å². The van der Waals surface area contributed by atoms with Crippen molar-refractivity contribution in [2.75, 3.05) is 7.11 Å². The molecule has 0 aliphatic heterocycles. The molecule has 4 aromatic carbocycles. The maximum Gasteiger partial charge on any atom is 0.343 e. The van der Waals surface area contributed by atoms with Crippen LogP contribution in [0.15, 0.2) is 85.6 Å². The second-order valence-electron chi connectivity index (χ2n) is 8.79. The third-order valence-corrected chi connectivity index (χ3v) is 6.07. The molecule has 0 N–H and O–H groups in total. The molecule has 0 aromatic heterocycles. The van der Waals surface area contributed by atoms with Gasteiger partial charge in [-0.05, 0) is 77.7 Å². The van der Waals surface area contributed by atoms with E-state index in [9.17, 15) is 9.18 Å². The Bertz CT molecular complexity index is 1530. The molecule has 4 nitrogen and oxygen atoms in total. The molecule has 0 unspecified atom stereocenters. The smallest absolute Gasteiger partial charge is 0.343 e. The maximum absolute atomic E-state index is 14.7. The third-order valence-electron chi connectivity index (χ3n) is 6.07. The molecular weight excluding hydrogens is 479 g/mol. The van der Waals surface area contributed by atoms with E-state index in [1.54, 1.807) is 12.1 Å². The summed E-state index contributed by atoms with van der Waals surface area (Å²) in [6, 6.07) is 21.4. The highest BCUT2D eigenvalue weighted by atomic mass is 19.1. The van der Waals surface area contributed by atoms with Crippen LogP contribution in [0.5, 0.6) is 17.2 Å². The average molecular weight is 509 g/mol. The number of ether oxygens (including phenoxy) is 3. The lowest BCUT2D eigenvalue weighted by molar-refractivity contribution is 0.0727. The zero-order valence-corrected chi connectivity index (χ0v) is 21.6. The predicted octanol–water partition coefficient (Wildman–Crippen LogP) is 7.86. The van der Waals surface area contributed by atoms with Crippen molar-refractivity contribution >= 4 is 16.7 Å².